The van der Waals surface area contributed by atoms with Crippen molar-refractivity contribution >= 4 is 0 Å². The summed E-state index contributed by atoms with van der Waals surface area (Å²) in [7, 11) is 0. The highest BCUT2D eigenvalue weighted by Gasteiger charge is 2.68. The maximum absolute atomic E-state index is 2.81. The van der Waals surface area contributed by atoms with Gasteiger partial charge in [-0.2, -0.15) is 0 Å². The molecular formula is C29H50. The van der Waals surface area contributed by atoms with E-state index in [1.54, 1.807) is 19.3 Å². The van der Waals surface area contributed by atoms with E-state index in [1.165, 1.54) is 51.4 Å². The molecule has 166 valence electrons. The molecule has 0 N–H and O–H groups in total. The van der Waals surface area contributed by atoms with Gasteiger partial charge in [-0.25, -0.2) is 0 Å². The van der Waals surface area contributed by atoms with E-state index in [0.717, 1.165) is 41.4 Å². The van der Waals surface area contributed by atoms with Gasteiger partial charge in [0.25, 0.3) is 0 Å². The van der Waals surface area contributed by atoms with Gasteiger partial charge in [0.15, 0.2) is 0 Å². The van der Waals surface area contributed by atoms with Crippen LogP contribution in [0.15, 0.2) is 0 Å². The van der Waals surface area contributed by atoms with E-state index < -0.39 is 0 Å². The van der Waals surface area contributed by atoms with E-state index in [0.29, 0.717) is 21.7 Å². The van der Waals surface area contributed by atoms with Crippen molar-refractivity contribution in [1.29, 1.82) is 0 Å². The summed E-state index contributed by atoms with van der Waals surface area (Å²) in [5.74, 6) is 6.97. The second kappa shape index (κ2) is 6.51. The van der Waals surface area contributed by atoms with Gasteiger partial charge in [-0.1, -0.05) is 54.9 Å². The molecule has 0 amide bonds. The molecule has 0 heteroatoms. The third-order valence-electron chi connectivity index (χ3n) is 13.0. The molecule has 0 aromatic heterocycles. The van der Waals surface area contributed by atoms with Gasteiger partial charge in [0.05, 0.1) is 0 Å². The Morgan fingerprint density at radius 2 is 1.31 bits per heavy atom. The molecule has 5 rings (SSSR count). The first-order valence-electron chi connectivity index (χ1n) is 13.5. The zero-order chi connectivity index (χ0) is 20.8. The van der Waals surface area contributed by atoms with Crippen LogP contribution in [-0.4, -0.2) is 0 Å². The molecule has 0 spiro atoms. The summed E-state index contributed by atoms with van der Waals surface area (Å²) in [6.45, 7) is 18.6. The monoisotopic (exact) mass is 398 g/mol. The Bertz CT molecular complexity index is 644. The van der Waals surface area contributed by atoms with Gasteiger partial charge in [-0.15, -0.1) is 0 Å². The first-order valence-corrected chi connectivity index (χ1v) is 13.5. The van der Waals surface area contributed by atoms with E-state index in [2.05, 4.69) is 48.5 Å². The quantitative estimate of drug-likeness (QED) is 0.414. The SMILES string of the molecule is CC(C)[C@H]1CC[C@]2(C)C3CCC4C5CCCC(C)(C)C5CC[C@@]4(C)[C@]3(C)CC[C@H]12. The van der Waals surface area contributed by atoms with Crippen LogP contribution in [0, 0.1) is 63.1 Å². The molecule has 0 nitrogen and oxygen atoms in total. The zero-order valence-corrected chi connectivity index (χ0v) is 20.8. The molecule has 5 aliphatic rings. The highest BCUT2D eigenvalue weighted by Crippen LogP contribution is 2.75. The van der Waals surface area contributed by atoms with Crippen molar-refractivity contribution in [2.45, 2.75) is 119 Å². The maximum Gasteiger partial charge on any atom is -0.0235 e. The fourth-order valence-corrected chi connectivity index (χ4v) is 11.4. The van der Waals surface area contributed by atoms with E-state index in [-0.39, 0.29) is 0 Å². The summed E-state index contributed by atoms with van der Waals surface area (Å²) in [6.07, 6.45) is 16.8. The van der Waals surface area contributed by atoms with Crippen LogP contribution in [0.5, 0.6) is 0 Å². The molecule has 0 aromatic rings. The van der Waals surface area contributed by atoms with Crippen LogP contribution in [0.2, 0.25) is 0 Å². The lowest BCUT2D eigenvalue weighted by atomic mass is 9.34. The van der Waals surface area contributed by atoms with Gasteiger partial charge in [0.1, 0.15) is 0 Å². The first-order chi connectivity index (χ1) is 13.5. The molecule has 5 aliphatic carbocycles. The summed E-state index contributed by atoms with van der Waals surface area (Å²) in [5.41, 5.74) is 2.44. The third kappa shape index (κ3) is 2.62. The van der Waals surface area contributed by atoms with Crippen LogP contribution >= 0.6 is 0 Å². The fourth-order valence-electron chi connectivity index (χ4n) is 11.4. The molecule has 29 heavy (non-hydrogen) atoms. The van der Waals surface area contributed by atoms with Crippen molar-refractivity contribution in [3.8, 4) is 0 Å². The van der Waals surface area contributed by atoms with Crippen LogP contribution in [0.25, 0.3) is 0 Å². The molecule has 0 heterocycles. The van der Waals surface area contributed by atoms with Gasteiger partial charge in [0, 0.05) is 0 Å². The lowest BCUT2D eigenvalue weighted by Crippen LogP contribution is -2.63. The van der Waals surface area contributed by atoms with Crippen molar-refractivity contribution in [3.05, 3.63) is 0 Å². The van der Waals surface area contributed by atoms with Crippen molar-refractivity contribution in [2.75, 3.05) is 0 Å². The minimum Gasteiger partial charge on any atom is -0.0625 e. The van der Waals surface area contributed by atoms with Crippen molar-refractivity contribution in [3.63, 3.8) is 0 Å². The topological polar surface area (TPSA) is 0 Å². The summed E-state index contributed by atoms with van der Waals surface area (Å²) in [4.78, 5) is 0. The Morgan fingerprint density at radius 1 is 0.621 bits per heavy atom. The van der Waals surface area contributed by atoms with E-state index in [4.69, 9.17) is 0 Å². The molecule has 5 saturated carbocycles. The Kier molecular flexibility index (Phi) is 4.69. The average molecular weight is 399 g/mol. The Hall–Kier alpha value is 0. The highest BCUT2D eigenvalue weighted by atomic mass is 14.7. The smallest absolute Gasteiger partial charge is 0.0235 e. The van der Waals surface area contributed by atoms with Gasteiger partial charge < -0.3 is 0 Å². The third-order valence-corrected chi connectivity index (χ3v) is 13.0. The van der Waals surface area contributed by atoms with Crippen molar-refractivity contribution in [1.82, 2.24) is 0 Å². The van der Waals surface area contributed by atoms with Crippen LogP contribution in [0.3, 0.4) is 0 Å². The lowest BCUT2D eigenvalue weighted by molar-refractivity contribution is -0.216. The van der Waals surface area contributed by atoms with Gasteiger partial charge in [0.2, 0.25) is 0 Å². The molecule has 9 atom stereocenters. The molecule has 0 radical (unpaired) electrons. The van der Waals surface area contributed by atoms with E-state index >= 15 is 0 Å². The second-order valence-electron chi connectivity index (χ2n) is 14.4. The van der Waals surface area contributed by atoms with E-state index in [9.17, 15) is 0 Å². The zero-order valence-electron chi connectivity index (χ0n) is 20.8. The molecule has 4 unspecified atom stereocenters. The van der Waals surface area contributed by atoms with Crippen LogP contribution in [-0.2, 0) is 0 Å². The summed E-state index contributed by atoms with van der Waals surface area (Å²) in [5, 5.41) is 0. The Morgan fingerprint density at radius 3 is 2.03 bits per heavy atom. The van der Waals surface area contributed by atoms with Crippen molar-refractivity contribution in [2.24, 2.45) is 63.1 Å². The summed E-state index contributed by atoms with van der Waals surface area (Å²) >= 11 is 0. The van der Waals surface area contributed by atoms with Crippen molar-refractivity contribution < 1.29 is 0 Å². The average Bonchev–Trinajstić information content (AvgIpc) is 2.99. The largest absolute Gasteiger partial charge is 0.0625 e. The second-order valence-corrected chi connectivity index (χ2v) is 14.4. The fraction of sp³-hybridized carbons (Fsp3) is 1.00. The van der Waals surface area contributed by atoms with Crippen LogP contribution in [0.4, 0.5) is 0 Å². The molecular weight excluding hydrogens is 348 g/mol. The maximum atomic E-state index is 2.81. The number of hydrogen-bond donors (Lipinski definition) is 0. The minimum absolute atomic E-state index is 0.597. The number of rotatable bonds is 1. The van der Waals surface area contributed by atoms with Crippen LogP contribution < -0.4 is 0 Å². The molecule has 0 saturated heterocycles. The first kappa shape index (κ1) is 20.9. The predicted molar refractivity (Wildman–Crippen MR) is 125 cm³/mol. The normalized spacial score (nSPS) is 56.3. The Balaban J connectivity index is 1.48. The van der Waals surface area contributed by atoms with Gasteiger partial charge in [-0.05, 0) is 127 Å². The Labute approximate surface area is 182 Å². The number of fused-ring (bicyclic) bond motifs is 7. The standard InChI is InChI=1S/C29H50/c1-19(2)20-12-16-27(5)23(20)14-18-29(7)25(27)11-10-24-21-9-8-15-26(3,4)22(21)13-17-28(24,29)6/h19-25H,8-18H2,1-7H3/t20-,21?,22?,23-,24?,25?,27+,28-,29-/m1/s1. The predicted octanol–water partition coefficient (Wildman–Crippen LogP) is 8.74. The highest BCUT2D eigenvalue weighted by molar-refractivity contribution is 5.16. The van der Waals surface area contributed by atoms with Gasteiger partial charge in [-0.3, -0.25) is 0 Å². The number of hydrogen-bond acceptors (Lipinski definition) is 0. The summed E-state index contributed by atoms with van der Waals surface area (Å²) < 4.78 is 0. The molecule has 5 fully saturated rings. The van der Waals surface area contributed by atoms with Crippen LogP contribution in [0.1, 0.15) is 119 Å². The molecule has 0 bridgehead atoms. The summed E-state index contributed by atoms with van der Waals surface area (Å²) in [6, 6.07) is 0. The molecule has 0 aromatic carbocycles. The lowest BCUT2D eigenvalue weighted by Gasteiger charge is -2.70. The van der Waals surface area contributed by atoms with Gasteiger partial charge >= 0.3 is 0 Å². The minimum atomic E-state index is 0.597. The molecule has 0 aliphatic heterocycles. The van der Waals surface area contributed by atoms with E-state index in [1.807, 2.05) is 0 Å².